The Labute approximate surface area is 60.0 Å². The number of nitrogens with zero attached hydrogens (tertiary/aromatic N) is 2. The van der Waals surface area contributed by atoms with Crippen LogP contribution in [0.15, 0.2) is 29.7 Å². The third-order valence-electron chi connectivity index (χ3n) is 1.72. The van der Waals surface area contributed by atoms with Crippen LogP contribution >= 0.6 is 0 Å². The molecule has 0 radical (unpaired) electrons. The predicted molar refractivity (Wildman–Crippen MR) is 39.3 cm³/mol. The lowest BCUT2D eigenvalue weighted by atomic mass is 10.4. The molecule has 10 heavy (non-hydrogen) atoms. The molecule has 2 aliphatic rings. The monoisotopic (exact) mass is 136 g/mol. The van der Waals surface area contributed by atoms with Gasteiger partial charge in [-0.05, 0) is 0 Å². The standard InChI is InChI=1S/C7H9N3/c1-9-4-2-7-8-3-5-10(7)6-9/h2-5H,6H2,1H3/p+1. The highest BCUT2D eigenvalue weighted by Crippen LogP contribution is 1.91. The first-order valence-electron chi connectivity index (χ1n) is 3.35. The van der Waals surface area contributed by atoms with Crippen molar-refractivity contribution in [3.05, 3.63) is 24.7 Å². The van der Waals surface area contributed by atoms with Crippen molar-refractivity contribution in [1.82, 2.24) is 4.90 Å². The molecule has 0 aromatic heterocycles. The summed E-state index contributed by atoms with van der Waals surface area (Å²) in [5.41, 5.74) is 0. The van der Waals surface area contributed by atoms with Crippen molar-refractivity contribution in [2.45, 2.75) is 0 Å². The van der Waals surface area contributed by atoms with Crippen LogP contribution in [0, 0.1) is 0 Å². The molecule has 0 saturated heterocycles. The molecule has 3 nitrogen and oxygen atoms in total. The molecular weight excluding hydrogens is 126 g/mol. The summed E-state index contributed by atoms with van der Waals surface area (Å²) in [5.74, 6) is 1.12. The van der Waals surface area contributed by atoms with E-state index in [4.69, 9.17) is 0 Å². The maximum absolute atomic E-state index is 4.18. The Hall–Kier alpha value is -1.09. The van der Waals surface area contributed by atoms with Crippen molar-refractivity contribution in [3.63, 3.8) is 0 Å². The number of amidine groups is 1. The largest absolute Gasteiger partial charge is 0.334 e. The number of quaternary nitrogens is 1. The molecule has 0 bridgehead atoms. The lowest BCUT2D eigenvalue weighted by Crippen LogP contribution is -3.11. The summed E-state index contributed by atoms with van der Waals surface area (Å²) in [6, 6.07) is 0. The summed E-state index contributed by atoms with van der Waals surface area (Å²) in [6.07, 6.45) is 8.01. The summed E-state index contributed by atoms with van der Waals surface area (Å²) in [4.78, 5) is 7.64. The van der Waals surface area contributed by atoms with E-state index >= 15 is 0 Å². The second-order valence-corrected chi connectivity index (χ2v) is 2.59. The Morgan fingerprint density at radius 3 is 3.50 bits per heavy atom. The maximum atomic E-state index is 4.18. The van der Waals surface area contributed by atoms with Gasteiger partial charge < -0.3 is 4.90 Å². The Morgan fingerprint density at radius 1 is 1.70 bits per heavy atom. The van der Waals surface area contributed by atoms with Crippen molar-refractivity contribution in [2.75, 3.05) is 13.7 Å². The normalized spacial score (nSPS) is 28.7. The van der Waals surface area contributed by atoms with Gasteiger partial charge in [-0.3, -0.25) is 0 Å². The number of hydrogen-bond donors (Lipinski definition) is 1. The van der Waals surface area contributed by atoms with Crippen LogP contribution in [0.2, 0.25) is 0 Å². The highest BCUT2D eigenvalue weighted by molar-refractivity contribution is 5.87. The van der Waals surface area contributed by atoms with E-state index in [1.165, 1.54) is 4.90 Å². The van der Waals surface area contributed by atoms with Crippen LogP contribution in [0.25, 0.3) is 0 Å². The van der Waals surface area contributed by atoms with Gasteiger partial charge in [0.1, 0.15) is 6.20 Å². The molecule has 0 spiro atoms. The van der Waals surface area contributed by atoms with E-state index in [9.17, 15) is 0 Å². The van der Waals surface area contributed by atoms with Gasteiger partial charge in [0.15, 0.2) is 6.67 Å². The molecule has 0 aromatic rings. The summed E-state index contributed by atoms with van der Waals surface area (Å²) in [5, 5.41) is 0. The van der Waals surface area contributed by atoms with Crippen molar-refractivity contribution >= 4 is 5.84 Å². The van der Waals surface area contributed by atoms with Crippen LogP contribution in [-0.2, 0) is 0 Å². The minimum Gasteiger partial charge on any atom is -0.334 e. The van der Waals surface area contributed by atoms with Gasteiger partial charge in [-0.1, -0.05) is 0 Å². The van der Waals surface area contributed by atoms with E-state index < -0.39 is 0 Å². The van der Waals surface area contributed by atoms with Gasteiger partial charge in [-0.25, -0.2) is 4.90 Å². The highest BCUT2D eigenvalue weighted by atomic mass is 15.3. The van der Waals surface area contributed by atoms with Gasteiger partial charge >= 0.3 is 0 Å². The fraction of sp³-hybridized carbons (Fsp3) is 0.286. The van der Waals surface area contributed by atoms with Gasteiger partial charge in [0.25, 0.3) is 0 Å². The Bertz CT molecular complexity index is 227. The second kappa shape index (κ2) is 1.95. The Morgan fingerprint density at radius 2 is 2.60 bits per heavy atom. The molecule has 52 valence electrons. The third kappa shape index (κ3) is 0.752. The van der Waals surface area contributed by atoms with Crippen molar-refractivity contribution in [3.8, 4) is 0 Å². The van der Waals surface area contributed by atoms with Crippen molar-refractivity contribution in [1.29, 1.82) is 0 Å². The molecule has 2 rings (SSSR count). The van der Waals surface area contributed by atoms with Gasteiger partial charge in [0.2, 0.25) is 5.84 Å². The quantitative estimate of drug-likeness (QED) is 0.461. The number of aliphatic imine (C=N–C) groups is 1. The minimum atomic E-state index is 0.992. The number of nitrogens with one attached hydrogen (secondary N) is 1. The van der Waals surface area contributed by atoms with Crippen molar-refractivity contribution in [2.24, 2.45) is 4.99 Å². The van der Waals surface area contributed by atoms with E-state index in [0.717, 1.165) is 12.5 Å². The van der Waals surface area contributed by atoms with E-state index in [1.807, 2.05) is 12.3 Å². The first-order valence-corrected chi connectivity index (χ1v) is 3.35. The zero-order valence-corrected chi connectivity index (χ0v) is 5.91. The van der Waals surface area contributed by atoms with Crippen LogP contribution in [0.4, 0.5) is 0 Å². The molecular formula is C7H10N3+. The number of hydrogen-bond acceptors (Lipinski definition) is 2. The van der Waals surface area contributed by atoms with Crippen LogP contribution in [0.5, 0.6) is 0 Å². The molecule has 3 heteroatoms. The summed E-state index contributed by atoms with van der Waals surface area (Å²) in [6.45, 7) is 0.992. The number of fused-ring (bicyclic) bond motifs is 1. The molecule has 1 N–H and O–H groups in total. The van der Waals surface area contributed by atoms with Crippen LogP contribution < -0.4 is 4.90 Å². The molecule has 0 fully saturated rings. The van der Waals surface area contributed by atoms with Crippen LogP contribution in [0.3, 0.4) is 0 Å². The second-order valence-electron chi connectivity index (χ2n) is 2.59. The lowest BCUT2D eigenvalue weighted by molar-refractivity contribution is -0.757. The first kappa shape index (κ1) is 5.68. The van der Waals surface area contributed by atoms with E-state index in [-0.39, 0.29) is 0 Å². The summed E-state index contributed by atoms with van der Waals surface area (Å²) >= 11 is 0. The molecule has 0 aromatic carbocycles. The molecule has 0 amide bonds. The fourth-order valence-electron chi connectivity index (χ4n) is 1.18. The Balaban J connectivity index is 2.27. The first-order chi connectivity index (χ1) is 4.86. The SMILES string of the molecule is CN1C=CC2=NC=C[NH+]2C1. The smallest absolute Gasteiger partial charge is 0.233 e. The molecule has 1 atom stereocenters. The number of rotatable bonds is 0. The lowest BCUT2D eigenvalue weighted by Gasteiger charge is -2.21. The minimum absolute atomic E-state index is 0.992. The van der Waals surface area contributed by atoms with Gasteiger partial charge in [0.05, 0.1) is 6.20 Å². The summed E-state index contributed by atoms with van der Waals surface area (Å²) in [7, 11) is 2.06. The molecule has 0 aliphatic carbocycles. The average molecular weight is 136 g/mol. The zero-order valence-electron chi connectivity index (χ0n) is 5.91. The molecule has 2 heterocycles. The van der Waals surface area contributed by atoms with Crippen molar-refractivity contribution < 1.29 is 4.90 Å². The fourth-order valence-corrected chi connectivity index (χ4v) is 1.18. The predicted octanol–water partition coefficient (Wildman–Crippen LogP) is -0.829. The topological polar surface area (TPSA) is 20.0 Å². The van der Waals surface area contributed by atoms with Gasteiger partial charge in [-0.2, -0.15) is 4.99 Å². The maximum Gasteiger partial charge on any atom is 0.233 e. The van der Waals surface area contributed by atoms with Crippen LogP contribution in [0.1, 0.15) is 0 Å². The van der Waals surface area contributed by atoms with Gasteiger partial charge in [-0.15, -0.1) is 0 Å². The average Bonchev–Trinajstić information content (AvgIpc) is 2.33. The molecule has 0 saturated carbocycles. The Kier molecular flexibility index (Phi) is 1.11. The van der Waals surface area contributed by atoms with E-state index in [0.29, 0.717) is 0 Å². The zero-order chi connectivity index (χ0) is 6.97. The summed E-state index contributed by atoms with van der Waals surface area (Å²) < 4.78 is 0. The van der Waals surface area contributed by atoms with E-state index in [1.54, 1.807) is 0 Å². The third-order valence-corrected chi connectivity index (χ3v) is 1.72. The molecule has 2 aliphatic heterocycles. The van der Waals surface area contributed by atoms with Crippen LogP contribution in [-0.4, -0.2) is 24.5 Å². The van der Waals surface area contributed by atoms with Gasteiger partial charge in [0, 0.05) is 19.3 Å². The van der Waals surface area contributed by atoms with E-state index in [2.05, 4.69) is 29.3 Å². The molecule has 1 unspecified atom stereocenters. The highest BCUT2D eigenvalue weighted by Gasteiger charge is 2.20.